The van der Waals surface area contributed by atoms with Crippen LogP contribution in [0.4, 0.5) is 11.4 Å². The molecule has 2 N–H and O–H groups in total. The molecule has 0 spiro atoms. The Labute approximate surface area is 230 Å². The third-order valence-corrected chi connectivity index (χ3v) is 6.56. The highest BCUT2D eigenvalue weighted by molar-refractivity contribution is 6.22. The molecule has 0 saturated carbocycles. The maximum atomic E-state index is 12.5. The number of esters is 1. The summed E-state index contributed by atoms with van der Waals surface area (Å²) in [6.45, 7) is 0.296. The second-order valence-corrected chi connectivity index (χ2v) is 9.60. The summed E-state index contributed by atoms with van der Waals surface area (Å²) in [6, 6.07) is 18.1. The maximum absolute atomic E-state index is 12.5. The molecular weight excluding hydrogens is 508 g/mol. The van der Waals surface area contributed by atoms with Crippen molar-refractivity contribution in [2.75, 3.05) is 39.7 Å². The highest BCUT2D eigenvalue weighted by Crippen LogP contribution is 2.33. The summed E-state index contributed by atoms with van der Waals surface area (Å²) in [5.74, 6) is -0.596. The molecule has 10 heteroatoms. The van der Waals surface area contributed by atoms with Gasteiger partial charge in [0.05, 0.1) is 48.6 Å². The number of amides is 1. The summed E-state index contributed by atoms with van der Waals surface area (Å²) >= 11 is 0. The number of ether oxygens (including phenoxy) is 1. The molecule has 0 saturated heterocycles. The highest BCUT2D eigenvalue weighted by Gasteiger charge is 2.21. The molecule has 1 amide bonds. The summed E-state index contributed by atoms with van der Waals surface area (Å²) in [4.78, 5) is 35.9. The Hall–Kier alpha value is -5.09. The van der Waals surface area contributed by atoms with Crippen LogP contribution in [0.15, 0.2) is 78.0 Å². The fourth-order valence-electron chi connectivity index (χ4n) is 4.48. The predicted octanol–water partition coefficient (Wildman–Crippen LogP) is 4.30. The number of nitrogens with one attached hydrogen (secondary N) is 1. The number of fused-ring (bicyclic) bond motifs is 2. The van der Waals surface area contributed by atoms with Gasteiger partial charge in [-0.2, -0.15) is 10.2 Å². The van der Waals surface area contributed by atoms with Crippen LogP contribution in [0.1, 0.15) is 21.5 Å². The Morgan fingerprint density at radius 3 is 2.33 bits per heavy atom. The fraction of sp³-hybridized carbons (Fsp3) is 0.167. The van der Waals surface area contributed by atoms with Crippen LogP contribution in [0.3, 0.4) is 0 Å². The van der Waals surface area contributed by atoms with Crippen molar-refractivity contribution >= 4 is 50.6 Å². The number of aromatic hydroxyl groups is 1. The van der Waals surface area contributed by atoms with E-state index in [1.165, 1.54) is 7.11 Å². The molecule has 5 aromatic rings. The van der Waals surface area contributed by atoms with Gasteiger partial charge in [0.15, 0.2) is 5.88 Å². The summed E-state index contributed by atoms with van der Waals surface area (Å²) in [7, 11) is 6.75. The maximum Gasteiger partial charge on any atom is 0.337 e. The van der Waals surface area contributed by atoms with E-state index in [4.69, 9.17) is 9.73 Å². The lowest BCUT2D eigenvalue weighted by Gasteiger charge is -2.19. The van der Waals surface area contributed by atoms with Crippen molar-refractivity contribution in [1.82, 2.24) is 20.1 Å². The molecule has 0 bridgehead atoms. The van der Waals surface area contributed by atoms with E-state index in [1.54, 1.807) is 42.5 Å². The van der Waals surface area contributed by atoms with Gasteiger partial charge in [-0.1, -0.05) is 18.2 Å². The number of carbonyl (C=O) groups is 2. The number of anilines is 1. The number of aromatic nitrogens is 3. The Morgan fingerprint density at radius 2 is 1.62 bits per heavy atom. The molecule has 0 unspecified atom stereocenters. The Bertz CT molecular complexity index is 1760. The van der Waals surface area contributed by atoms with Crippen molar-refractivity contribution in [3.8, 4) is 5.88 Å². The first-order chi connectivity index (χ1) is 19.2. The standard InChI is InChI=1S/C30H28N6O4/c1-35(2)17-26(37)36(3)23-10-8-22(9-11-23)33-28(18-5-6-20-15-31-32-16-21(20)13-18)27-24-12-7-19(30(39)40-4)14-25(24)34-29(27)38/h5-16,34,38H,17H2,1-4H3. The number of aliphatic imine (C=N–C) groups is 1. The molecule has 5 rings (SSSR count). The van der Waals surface area contributed by atoms with Crippen molar-refractivity contribution < 1.29 is 19.4 Å². The zero-order valence-corrected chi connectivity index (χ0v) is 22.5. The van der Waals surface area contributed by atoms with Gasteiger partial charge >= 0.3 is 5.97 Å². The number of rotatable bonds is 7. The normalized spacial score (nSPS) is 11.8. The number of H-pyrrole nitrogens is 1. The molecule has 0 aliphatic carbocycles. The van der Waals surface area contributed by atoms with Crippen LogP contribution < -0.4 is 4.90 Å². The minimum absolute atomic E-state index is 0.0313. The summed E-state index contributed by atoms with van der Waals surface area (Å²) in [6.07, 6.45) is 3.35. The molecule has 0 aliphatic rings. The predicted molar refractivity (Wildman–Crippen MR) is 155 cm³/mol. The second-order valence-electron chi connectivity index (χ2n) is 9.60. The highest BCUT2D eigenvalue weighted by atomic mass is 16.5. The van der Waals surface area contributed by atoms with Crippen LogP contribution in [0.25, 0.3) is 21.7 Å². The van der Waals surface area contributed by atoms with Crippen LogP contribution in [-0.2, 0) is 9.53 Å². The smallest absolute Gasteiger partial charge is 0.337 e. The van der Waals surface area contributed by atoms with Gasteiger partial charge in [-0.3, -0.25) is 4.79 Å². The average molecular weight is 537 g/mol. The number of aromatic amines is 1. The van der Waals surface area contributed by atoms with E-state index >= 15 is 0 Å². The largest absolute Gasteiger partial charge is 0.494 e. The topological polar surface area (TPSA) is 124 Å². The quantitative estimate of drug-likeness (QED) is 0.235. The molecule has 0 fully saturated rings. The third-order valence-electron chi connectivity index (χ3n) is 6.56. The van der Waals surface area contributed by atoms with Gasteiger partial charge in [0.2, 0.25) is 5.91 Å². The molecule has 10 nitrogen and oxygen atoms in total. The van der Waals surface area contributed by atoms with E-state index in [-0.39, 0.29) is 11.8 Å². The van der Waals surface area contributed by atoms with Gasteiger partial charge in [0.1, 0.15) is 0 Å². The number of carbonyl (C=O) groups excluding carboxylic acids is 2. The molecule has 2 heterocycles. The lowest BCUT2D eigenvalue weighted by molar-refractivity contribution is -0.118. The number of likely N-dealkylation sites (N-methyl/N-ethyl adjacent to an activating group) is 2. The van der Waals surface area contributed by atoms with E-state index in [1.807, 2.05) is 61.5 Å². The Kier molecular flexibility index (Phi) is 7.26. The summed E-state index contributed by atoms with van der Waals surface area (Å²) in [5, 5.41) is 21.5. The van der Waals surface area contributed by atoms with Crippen molar-refractivity contribution in [2.45, 2.75) is 0 Å². The Morgan fingerprint density at radius 1 is 0.925 bits per heavy atom. The number of methoxy groups -OCH3 is 1. The van der Waals surface area contributed by atoms with Crippen LogP contribution >= 0.6 is 0 Å². The van der Waals surface area contributed by atoms with Crippen LogP contribution in [-0.4, -0.2) is 77.6 Å². The van der Waals surface area contributed by atoms with Crippen molar-refractivity contribution in [3.63, 3.8) is 0 Å². The first kappa shape index (κ1) is 26.5. The van der Waals surface area contributed by atoms with Crippen LogP contribution in [0.5, 0.6) is 5.88 Å². The monoisotopic (exact) mass is 536 g/mol. The number of hydrogen-bond acceptors (Lipinski definition) is 8. The van der Waals surface area contributed by atoms with Gasteiger partial charge in [0.25, 0.3) is 0 Å². The lowest BCUT2D eigenvalue weighted by atomic mass is 9.98. The number of nitrogens with zero attached hydrogens (tertiary/aromatic N) is 5. The van der Waals surface area contributed by atoms with E-state index in [9.17, 15) is 14.7 Å². The lowest BCUT2D eigenvalue weighted by Crippen LogP contribution is -2.34. The molecule has 0 radical (unpaired) electrons. The minimum atomic E-state index is -0.476. The molecular formula is C30H28N6O4. The summed E-state index contributed by atoms with van der Waals surface area (Å²) in [5.41, 5.74) is 4.02. The van der Waals surface area contributed by atoms with E-state index in [0.29, 0.717) is 40.0 Å². The number of benzene rings is 3. The Balaban J connectivity index is 1.63. The van der Waals surface area contributed by atoms with Gasteiger partial charge in [0, 0.05) is 40.0 Å². The molecule has 2 aromatic heterocycles. The van der Waals surface area contributed by atoms with Crippen molar-refractivity contribution in [3.05, 3.63) is 89.7 Å². The van der Waals surface area contributed by atoms with Crippen molar-refractivity contribution in [2.24, 2.45) is 4.99 Å². The number of hydrogen-bond donors (Lipinski definition) is 2. The van der Waals surface area contributed by atoms with Gasteiger partial charge in [-0.25, -0.2) is 9.79 Å². The van der Waals surface area contributed by atoms with E-state index < -0.39 is 5.97 Å². The zero-order chi connectivity index (χ0) is 28.4. The summed E-state index contributed by atoms with van der Waals surface area (Å²) < 4.78 is 4.84. The first-order valence-electron chi connectivity index (χ1n) is 12.5. The first-order valence-corrected chi connectivity index (χ1v) is 12.5. The SMILES string of the molecule is COC(=O)c1ccc2c(C(=Nc3ccc(N(C)C(=O)CN(C)C)cc3)c3ccc4cnncc4c3)c(O)[nH]c2c1. The van der Waals surface area contributed by atoms with E-state index in [2.05, 4.69) is 15.2 Å². The molecule has 3 aromatic carbocycles. The molecule has 202 valence electrons. The van der Waals surface area contributed by atoms with Gasteiger partial charge in [-0.15, -0.1) is 0 Å². The van der Waals surface area contributed by atoms with Gasteiger partial charge < -0.3 is 24.6 Å². The molecule has 40 heavy (non-hydrogen) atoms. The fourth-order valence-corrected chi connectivity index (χ4v) is 4.48. The second kappa shape index (κ2) is 11.0. The van der Waals surface area contributed by atoms with Crippen molar-refractivity contribution in [1.29, 1.82) is 0 Å². The molecule has 0 atom stereocenters. The minimum Gasteiger partial charge on any atom is -0.494 e. The van der Waals surface area contributed by atoms with E-state index in [0.717, 1.165) is 22.0 Å². The van der Waals surface area contributed by atoms with Crippen LogP contribution in [0, 0.1) is 0 Å². The zero-order valence-electron chi connectivity index (χ0n) is 22.5. The third kappa shape index (κ3) is 5.25. The van der Waals surface area contributed by atoms with Crippen LogP contribution in [0.2, 0.25) is 0 Å². The average Bonchev–Trinajstić information content (AvgIpc) is 3.29. The molecule has 0 aliphatic heterocycles. The van der Waals surface area contributed by atoms with Gasteiger partial charge in [-0.05, 0) is 56.6 Å².